The quantitative estimate of drug-likeness (QED) is 0.503. The van der Waals surface area contributed by atoms with Crippen LogP contribution in [-0.2, 0) is 32.0 Å². The average Bonchev–Trinajstić information content (AvgIpc) is 3.03. The summed E-state index contributed by atoms with van der Waals surface area (Å²) in [5.74, 6) is 0.656. The molecule has 8 heteroatoms. The molecule has 2 rings (SSSR count). The van der Waals surface area contributed by atoms with Crippen LogP contribution in [0.4, 0.5) is 0 Å². The number of para-hydroxylation sites is 2. The van der Waals surface area contributed by atoms with Gasteiger partial charge in [0.05, 0.1) is 11.0 Å². The molecule has 0 bridgehead atoms. The van der Waals surface area contributed by atoms with Crippen molar-refractivity contribution in [1.82, 2.24) is 20.2 Å². The summed E-state index contributed by atoms with van der Waals surface area (Å²) < 4.78 is 12.0. The lowest BCUT2D eigenvalue weighted by atomic mass is 10.3. The van der Waals surface area contributed by atoms with Gasteiger partial charge >= 0.3 is 0 Å². The molecule has 2 amide bonds. The Morgan fingerprint density at radius 1 is 1.11 bits per heavy atom. The number of aromatic nitrogens is 2. The van der Waals surface area contributed by atoms with Gasteiger partial charge in [0.15, 0.2) is 0 Å². The van der Waals surface area contributed by atoms with Gasteiger partial charge in [0.1, 0.15) is 19.0 Å². The minimum atomic E-state index is -0.137. The molecule has 154 valence electrons. The third-order valence-electron chi connectivity index (χ3n) is 4.20. The van der Waals surface area contributed by atoms with Crippen LogP contribution in [0.15, 0.2) is 24.3 Å². The molecule has 0 radical (unpaired) electrons. The van der Waals surface area contributed by atoms with Crippen molar-refractivity contribution in [3.05, 3.63) is 30.1 Å². The number of hydrogen-bond acceptors (Lipinski definition) is 5. The van der Waals surface area contributed by atoms with Crippen molar-refractivity contribution in [3.8, 4) is 0 Å². The molecule has 2 aromatic rings. The maximum absolute atomic E-state index is 12.4. The fraction of sp³-hybridized carbons (Fsp3) is 0.550. The van der Waals surface area contributed by atoms with E-state index in [4.69, 9.17) is 9.47 Å². The Bertz CT molecular complexity index is 760. The lowest BCUT2D eigenvalue weighted by molar-refractivity contribution is -0.124. The first-order valence-corrected chi connectivity index (χ1v) is 9.70. The Morgan fingerprint density at radius 2 is 1.86 bits per heavy atom. The van der Waals surface area contributed by atoms with Crippen LogP contribution in [0.1, 0.15) is 25.6 Å². The van der Waals surface area contributed by atoms with Gasteiger partial charge in [-0.05, 0) is 31.9 Å². The zero-order chi connectivity index (χ0) is 20.2. The van der Waals surface area contributed by atoms with Gasteiger partial charge in [-0.25, -0.2) is 4.98 Å². The Morgan fingerprint density at radius 3 is 2.64 bits per heavy atom. The standard InChI is InChI=1S/C20H30N4O4/c1-3-28-13-7-12-21-19(25)14-24-17-9-5-4-8-16(17)23-18(24)10-6-11-22-20(26)15-27-2/h4-5,8-9H,3,6-7,10-15H2,1-2H3,(H,21,25)(H,22,26). The molecule has 0 unspecified atom stereocenters. The average molecular weight is 390 g/mol. The molecule has 1 aromatic carbocycles. The summed E-state index contributed by atoms with van der Waals surface area (Å²) in [5, 5.41) is 5.73. The number of rotatable bonds is 13. The van der Waals surface area contributed by atoms with E-state index in [-0.39, 0.29) is 25.0 Å². The number of fused-ring (bicyclic) bond motifs is 1. The fourth-order valence-corrected chi connectivity index (χ4v) is 2.89. The summed E-state index contributed by atoms with van der Waals surface area (Å²) in [6.07, 6.45) is 2.19. The number of hydrogen-bond donors (Lipinski definition) is 2. The monoisotopic (exact) mass is 390 g/mol. The van der Waals surface area contributed by atoms with E-state index in [9.17, 15) is 9.59 Å². The van der Waals surface area contributed by atoms with E-state index in [1.807, 2.05) is 35.8 Å². The molecule has 28 heavy (non-hydrogen) atoms. The number of carbonyl (C=O) groups is 2. The molecule has 0 aliphatic rings. The first-order chi connectivity index (χ1) is 13.7. The number of aryl methyl sites for hydroxylation is 1. The maximum atomic E-state index is 12.4. The smallest absolute Gasteiger partial charge is 0.245 e. The zero-order valence-corrected chi connectivity index (χ0v) is 16.7. The highest BCUT2D eigenvalue weighted by atomic mass is 16.5. The summed E-state index contributed by atoms with van der Waals surface area (Å²) in [6.45, 7) is 4.69. The minimum Gasteiger partial charge on any atom is -0.382 e. The highest BCUT2D eigenvalue weighted by Crippen LogP contribution is 2.17. The van der Waals surface area contributed by atoms with E-state index in [0.717, 1.165) is 29.7 Å². The molecule has 0 aliphatic carbocycles. The predicted octanol–water partition coefficient (Wildman–Crippen LogP) is 1.27. The third kappa shape index (κ3) is 6.94. The van der Waals surface area contributed by atoms with Crippen molar-refractivity contribution in [3.63, 3.8) is 0 Å². The van der Waals surface area contributed by atoms with Gasteiger partial charge in [-0.2, -0.15) is 0 Å². The van der Waals surface area contributed by atoms with Crippen molar-refractivity contribution in [1.29, 1.82) is 0 Å². The molecule has 0 fully saturated rings. The van der Waals surface area contributed by atoms with Crippen LogP contribution >= 0.6 is 0 Å². The van der Waals surface area contributed by atoms with Crippen LogP contribution in [-0.4, -0.2) is 61.4 Å². The highest BCUT2D eigenvalue weighted by molar-refractivity contribution is 5.81. The second-order valence-electron chi connectivity index (χ2n) is 6.39. The van der Waals surface area contributed by atoms with E-state index < -0.39 is 0 Å². The lowest BCUT2D eigenvalue weighted by Gasteiger charge is -2.10. The van der Waals surface area contributed by atoms with E-state index in [2.05, 4.69) is 15.6 Å². The molecule has 0 saturated carbocycles. The largest absolute Gasteiger partial charge is 0.382 e. The second-order valence-corrected chi connectivity index (χ2v) is 6.39. The molecule has 0 spiro atoms. The number of methoxy groups -OCH3 is 1. The Hall–Kier alpha value is -2.45. The summed E-state index contributed by atoms with van der Waals surface area (Å²) >= 11 is 0. The molecule has 0 aliphatic heterocycles. The Balaban J connectivity index is 1.94. The number of nitrogens with zero attached hydrogens (tertiary/aromatic N) is 2. The molecular weight excluding hydrogens is 360 g/mol. The van der Waals surface area contributed by atoms with Crippen LogP contribution in [0.3, 0.4) is 0 Å². The number of imidazole rings is 1. The normalized spacial score (nSPS) is 10.9. The van der Waals surface area contributed by atoms with Gasteiger partial charge in [0.25, 0.3) is 0 Å². The number of ether oxygens (including phenoxy) is 2. The van der Waals surface area contributed by atoms with Crippen molar-refractivity contribution in [2.45, 2.75) is 32.7 Å². The predicted molar refractivity (Wildman–Crippen MR) is 107 cm³/mol. The summed E-state index contributed by atoms with van der Waals surface area (Å²) in [7, 11) is 1.49. The molecular formula is C20H30N4O4. The van der Waals surface area contributed by atoms with Crippen molar-refractivity contribution < 1.29 is 19.1 Å². The van der Waals surface area contributed by atoms with Gasteiger partial charge in [-0.1, -0.05) is 12.1 Å². The zero-order valence-electron chi connectivity index (χ0n) is 16.7. The summed E-state index contributed by atoms with van der Waals surface area (Å²) in [5.41, 5.74) is 1.80. The second kappa shape index (κ2) is 12.1. The van der Waals surface area contributed by atoms with Gasteiger partial charge < -0.3 is 24.7 Å². The van der Waals surface area contributed by atoms with Crippen LogP contribution in [0.2, 0.25) is 0 Å². The Labute approximate surface area is 165 Å². The van der Waals surface area contributed by atoms with E-state index in [1.165, 1.54) is 7.11 Å². The first-order valence-electron chi connectivity index (χ1n) is 9.70. The van der Waals surface area contributed by atoms with Crippen LogP contribution in [0.5, 0.6) is 0 Å². The van der Waals surface area contributed by atoms with Crippen LogP contribution in [0.25, 0.3) is 11.0 Å². The van der Waals surface area contributed by atoms with E-state index in [1.54, 1.807) is 0 Å². The van der Waals surface area contributed by atoms with Gasteiger partial charge in [-0.3, -0.25) is 9.59 Å². The highest BCUT2D eigenvalue weighted by Gasteiger charge is 2.13. The minimum absolute atomic E-state index is 0.0469. The molecule has 8 nitrogen and oxygen atoms in total. The van der Waals surface area contributed by atoms with Crippen LogP contribution in [0, 0.1) is 0 Å². The van der Waals surface area contributed by atoms with Crippen molar-refractivity contribution in [2.75, 3.05) is 40.0 Å². The van der Waals surface area contributed by atoms with Gasteiger partial charge in [-0.15, -0.1) is 0 Å². The Kier molecular flexibility index (Phi) is 9.44. The third-order valence-corrected chi connectivity index (χ3v) is 4.20. The first kappa shape index (κ1) is 21.8. The number of carbonyl (C=O) groups excluding carboxylic acids is 2. The molecule has 1 aromatic heterocycles. The fourth-order valence-electron chi connectivity index (χ4n) is 2.89. The van der Waals surface area contributed by atoms with E-state index >= 15 is 0 Å². The summed E-state index contributed by atoms with van der Waals surface area (Å²) in [4.78, 5) is 28.5. The topological polar surface area (TPSA) is 94.5 Å². The van der Waals surface area contributed by atoms with Crippen molar-refractivity contribution in [2.24, 2.45) is 0 Å². The molecule has 2 N–H and O–H groups in total. The maximum Gasteiger partial charge on any atom is 0.245 e. The number of amides is 2. The van der Waals surface area contributed by atoms with Crippen LogP contribution < -0.4 is 10.6 Å². The molecule has 0 saturated heterocycles. The number of nitrogens with one attached hydrogen (secondary N) is 2. The molecule has 0 atom stereocenters. The number of benzene rings is 1. The van der Waals surface area contributed by atoms with Gasteiger partial charge in [0.2, 0.25) is 11.8 Å². The van der Waals surface area contributed by atoms with E-state index in [0.29, 0.717) is 32.7 Å². The van der Waals surface area contributed by atoms with Crippen molar-refractivity contribution >= 4 is 22.8 Å². The summed E-state index contributed by atoms with van der Waals surface area (Å²) in [6, 6.07) is 7.78. The molecule has 1 heterocycles. The van der Waals surface area contributed by atoms with Gasteiger partial charge in [0, 0.05) is 39.8 Å². The lowest BCUT2D eigenvalue weighted by Crippen LogP contribution is -2.30. The SMILES string of the molecule is CCOCCCNC(=O)Cn1c(CCCNC(=O)COC)nc2ccccc21.